The zero-order chi connectivity index (χ0) is 17.8. The van der Waals surface area contributed by atoms with Crippen LogP contribution in [0.25, 0.3) is 0 Å². The average Bonchev–Trinajstić information content (AvgIpc) is 3.09. The second-order valence-electron chi connectivity index (χ2n) is 4.88. The number of hydrogen-bond donors (Lipinski definition) is 1. The van der Waals surface area contributed by atoms with E-state index in [-0.39, 0.29) is 12.7 Å². The lowest BCUT2D eigenvalue weighted by Gasteiger charge is -2.11. The van der Waals surface area contributed by atoms with Crippen LogP contribution < -0.4 is 19.5 Å². The molecule has 2 aromatic rings. The number of nitrogens with zero attached hydrogens (tertiary/aromatic N) is 1. The Balaban J connectivity index is 1.81. The van der Waals surface area contributed by atoms with Crippen molar-refractivity contribution in [3.05, 3.63) is 42.0 Å². The van der Waals surface area contributed by atoms with Crippen LogP contribution >= 0.6 is 0 Å². The third-order valence-corrected chi connectivity index (χ3v) is 4.02. The maximum Gasteiger partial charge on any atom is 0.255 e. The maximum atomic E-state index is 12.4. The van der Waals surface area contributed by atoms with Gasteiger partial charge in [-0.3, -0.25) is 4.79 Å². The fourth-order valence-corrected chi connectivity index (χ4v) is 2.58. The molecule has 1 N–H and O–H groups in total. The van der Waals surface area contributed by atoms with E-state index in [9.17, 15) is 9.00 Å². The number of anilines is 1. The number of amides is 1. The first-order chi connectivity index (χ1) is 12.1. The van der Waals surface area contributed by atoms with Crippen LogP contribution in [0.15, 0.2) is 40.8 Å². The van der Waals surface area contributed by atoms with Crippen LogP contribution in [0.5, 0.6) is 17.2 Å². The van der Waals surface area contributed by atoms with Crippen molar-refractivity contribution >= 4 is 28.2 Å². The summed E-state index contributed by atoms with van der Waals surface area (Å²) in [4.78, 5) is 12.4. The van der Waals surface area contributed by atoms with Gasteiger partial charge in [-0.1, -0.05) is 10.9 Å². The monoisotopic (exact) mass is 363 g/mol. The van der Waals surface area contributed by atoms with E-state index in [1.54, 1.807) is 24.3 Å². The predicted molar refractivity (Wildman–Crippen MR) is 90.7 cm³/mol. The van der Waals surface area contributed by atoms with Crippen LogP contribution in [0, 0.1) is 0 Å². The zero-order valence-electron chi connectivity index (χ0n) is 13.5. The molecule has 0 aromatic heterocycles. The number of fused-ring (bicyclic) bond motifs is 1. The second kappa shape index (κ2) is 7.41. The number of methoxy groups -OCH3 is 1. The Labute approximate surface area is 146 Å². The maximum absolute atomic E-state index is 12.4. The third-order valence-electron chi connectivity index (χ3n) is 3.39. The molecule has 9 heteroatoms. The van der Waals surface area contributed by atoms with Crippen molar-refractivity contribution in [2.75, 3.05) is 26.3 Å². The van der Waals surface area contributed by atoms with Crippen LogP contribution in [0.4, 0.5) is 11.4 Å². The van der Waals surface area contributed by atoms with Gasteiger partial charge in [0.15, 0.2) is 11.5 Å². The highest BCUT2D eigenvalue weighted by Crippen LogP contribution is 2.34. The van der Waals surface area contributed by atoms with E-state index in [0.717, 1.165) is 0 Å². The van der Waals surface area contributed by atoms with Gasteiger partial charge in [-0.2, -0.15) is 0 Å². The lowest BCUT2D eigenvalue weighted by atomic mass is 10.1. The van der Waals surface area contributed by atoms with Crippen molar-refractivity contribution < 1.29 is 27.4 Å². The van der Waals surface area contributed by atoms with Crippen molar-refractivity contribution in [3.63, 3.8) is 0 Å². The molecule has 1 aliphatic rings. The van der Waals surface area contributed by atoms with Gasteiger partial charge >= 0.3 is 0 Å². The van der Waals surface area contributed by atoms with Gasteiger partial charge in [0.25, 0.3) is 5.91 Å². The molecular weight excluding hydrogens is 348 g/mol. The van der Waals surface area contributed by atoms with Gasteiger partial charge in [0.2, 0.25) is 6.79 Å². The molecule has 0 atom stereocenters. The first-order valence-electron chi connectivity index (χ1n) is 7.18. The number of carbonyl (C=O) groups is 1. The first-order valence-corrected chi connectivity index (χ1v) is 8.21. The van der Waals surface area contributed by atoms with Gasteiger partial charge in [-0.05, 0) is 30.3 Å². The first kappa shape index (κ1) is 17.1. The van der Waals surface area contributed by atoms with Gasteiger partial charge in [0.1, 0.15) is 5.75 Å². The molecule has 0 bridgehead atoms. The molecule has 3 rings (SSSR count). The number of hydrogen-bond acceptors (Lipinski definition) is 8. The molecule has 0 saturated heterocycles. The summed E-state index contributed by atoms with van der Waals surface area (Å²) in [5, 5.41) is 2.77. The molecule has 1 amide bonds. The molecule has 0 unspecified atom stereocenters. The number of ether oxygens (including phenoxy) is 3. The van der Waals surface area contributed by atoms with Crippen LogP contribution in [0.3, 0.4) is 0 Å². The van der Waals surface area contributed by atoms with Crippen molar-refractivity contribution in [2.45, 2.75) is 0 Å². The Morgan fingerprint density at radius 3 is 2.72 bits per heavy atom. The Kier molecular flexibility index (Phi) is 5.05. The highest BCUT2D eigenvalue weighted by Gasteiger charge is 2.15. The molecule has 0 radical (unpaired) electrons. The fourth-order valence-electron chi connectivity index (χ4n) is 2.19. The van der Waals surface area contributed by atoms with Crippen molar-refractivity contribution in [3.8, 4) is 17.2 Å². The summed E-state index contributed by atoms with van der Waals surface area (Å²) in [6.07, 6.45) is 0. The van der Waals surface area contributed by atoms with Crippen LogP contribution in [0.1, 0.15) is 10.4 Å². The number of nitrogens with one attached hydrogen (secondary N) is 1. The normalized spacial score (nSPS) is 13.5. The van der Waals surface area contributed by atoms with E-state index in [1.807, 2.05) is 0 Å². The molecule has 2 aromatic carbocycles. The molecule has 25 heavy (non-hydrogen) atoms. The lowest BCUT2D eigenvalue weighted by molar-refractivity contribution is 0.102. The fraction of sp³-hybridized carbons (Fsp3) is 0.188. The zero-order valence-corrected chi connectivity index (χ0v) is 14.3. The predicted octanol–water partition coefficient (Wildman–Crippen LogP) is 3.02. The summed E-state index contributed by atoms with van der Waals surface area (Å²) in [6, 6.07) is 9.71. The Morgan fingerprint density at radius 1 is 1.16 bits per heavy atom. The molecular formula is C16H15N2O6S-. The lowest BCUT2D eigenvalue weighted by Crippen LogP contribution is -2.11. The summed E-state index contributed by atoms with van der Waals surface area (Å²) in [5.74, 6) is 1.18. The van der Waals surface area contributed by atoms with Crippen LogP contribution in [-0.4, -0.2) is 26.9 Å². The van der Waals surface area contributed by atoms with Crippen molar-refractivity contribution in [2.24, 2.45) is 4.36 Å². The average molecular weight is 363 g/mol. The molecule has 8 nitrogen and oxygen atoms in total. The summed E-state index contributed by atoms with van der Waals surface area (Å²) >= 11 is 0. The summed E-state index contributed by atoms with van der Waals surface area (Å²) in [5.41, 5.74) is 1.25. The number of carbonyl (C=O) groups excluding carboxylic acids is 1. The third kappa shape index (κ3) is 3.83. The van der Waals surface area contributed by atoms with E-state index in [1.165, 1.54) is 26.4 Å². The van der Waals surface area contributed by atoms with Crippen molar-refractivity contribution in [1.29, 1.82) is 0 Å². The minimum Gasteiger partial charge on any atom is -0.495 e. The minimum absolute atomic E-state index is 0.164. The summed E-state index contributed by atoms with van der Waals surface area (Å²) in [7, 11) is 0.891. The van der Waals surface area contributed by atoms with E-state index < -0.39 is 10.9 Å². The summed E-state index contributed by atoms with van der Waals surface area (Å²) in [6.45, 7) is 0.164. The standard InChI is InChI=1S/C16H15N2O6S/c1-21-14-7-10(3-5-12(14)18-25(20)22-2)16(19)17-11-4-6-13-15(8-11)24-9-23-13/h3-8H,9H2,1-2H3,(H,17,19)/q-1. The van der Waals surface area contributed by atoms with Gasteiger partial charge in [0, 0.05) is 24.4 Å². The summed E-state index contributed by atoms with van der Waals surface area (Å²) < 4.78 is 35.5. The molecule has 0 spiro atoms. The van der Waals surface area contributed by atoms with Crippen LogP contribution in [0.2, 0.25) is 0 Å². The smallest absolute Gasteiger partial charge is 0.255 e. The van der Waals surface area contributed by atoms with Gasteiger partial charge < -0.3 is 32.3 Å². The van der Waals surface area contributed by atoms with Gasteiger partial charge in [0.05, 0.1) is 12.8 Å². The van der Waals surface area contributed by atoms with E-state index in [0.29, 0.717) is 34.2 Å². The Bertz CT molecular complexity index is 892. The van der Waals surface area contributed by atoms with Gasteiger partial charge in [-0.25, -0.2) is 0 Å². The SMILES string of the molecule is COc1cc(C(=O)Nc2ccc3c(c2)OCO3)ccc1N=[S-](=O)OC. The number of rotatable bonds is 5. The molecule has 0 aliphatic carbocycles. The molecule has 1 aliphatic heterocycles. The Morgan fingerprint density at radius 2 is 1.96 bits per heavy atom. The van der Waals surface area contributed by atoms with Crippen molar-refractivity contribution in [1.82, 2.24) is 0 Å². The van der Waals surface area contributed by atoms with E-state index in [2.05, 4.69) is 13.9 Å². The topological polar surface area (TPSA) is 95.5 Å². The Hall–Kier alpha value is -2.78. The molecule has 132 valence electrons. The number of benzene rings is 2. The van der Waals surface area contributed by atoms with Gasteiger partial charge in [-0.15, -0.1) is 0 Å². The quantitative estimate of drug-likeness (QED) is 0.821. The van der Waals surface area contributed by atoms with Crippen LogP contribution in [-0.2, 0) is 19.3 Å². The molecule has 1 heterocycles. The minimum atomic E-state index is -1.82. The highest BCUT2D eigenvalue weighted by atomic mass is 32.2. The second-order valence-corrected chi connectivity index (χ2v) is 5.83. The largest absolute Gasteiger partial charge is 0.495 e. The highest BCUT2D eigenvalue weighted by molar-refractivity contribution is 7.69. The van der Waals surface area contributed by atoms with E-state index in [4.69, 9.17) is 14.2 Å². The molecule has 0 fully saturated rings. The van der Waals surface area contributed by atoms with E-state index >= 15 is 0 Å². The molecule has 0 saturated carbocycles.